The van der Waals surface area contributed by atoms with Gasteiger partial charge in [0.1, 0.15) is 5.75 Å². The molecule has 0 radical (unpaired) electrons. The highest BCUT2D eigenvalue weighted by atomic mass is 16.5. The van der Waals surface area contributed by atoms with Crippen molar-refractivity contribution in [1.29, 1.82) is 0 Å². The standard InChI is InChI=1S/C25H34N2O3/c1-25(2,3)21-7-9-22(10-8-21)30-23-14-20(16-27-17-23)19-6-4-5-18(13-19)15-26-12-11-24(28)29/h4-6,13-14,16-17,21-22,26H,7-12,15H2,1-3H3,(H,28,29)/t21-,22-. The fraction of sp³-hybridized carbons (Fsp3) is 0.520. The van der Waals surface area contributed by atoms with E-state index in [1.807, 2.05) is 18.3 Å². The second-order valence-corrected chi connectivity index (χ2v) is 9.39. The van der Waals surface area contributed by atoms with Crippen LogP contribution < -0.4 is 10.1 Å². The Bertz CT molecular complexity index is 836. The number of hydrogen-bond acceptors (Lipinski definition) is 4. The molecule has 1 aliphatic rings. The van der Waals surface area contributed by atoms with Crippen LogP contribution in [0.1, 0.15) is 58.4 Å². The maximum Gasteiger partial charge on any atom is 0.304 e. The van der Waals surface area contributed by atoms with Gasteiger partial charge in [0.15, 0.2) is 0 Å². The molecule has 0 spiro atoms. The number of carbonyl (C=O) groups is 1. The number of aliphatic carboxylic acids is 1. The first-order chi connectivity index (χ1) is 14.3. The van der Waals surface area contributed by atoms with Crippen LogP contribution in [0.5, 0.6) is 5.75 Å². The van der Waals surface area contributed by atoms with Crippen LogP contribution in [-0.4, -0.2) is 28.7 Å². The molecule has 3 rings (SSSR count). The van der Waals surface area contributed by atoms with E-state index in [1.165, 1.54) is 12.8 Å². The lowest BCUT2D eigenvalue weighted by Crippen LogP contribution is -2.30. The van der Waals surface area contributed by atoms with Crippen molar-refractivity contribution >= 4 is 5.97 Å². The number of ether oxygens (including phenoxy) is 1. The Balaban J connectivity index is 1.59. The number of nitrogens with zero attached hydrogens (tertiary/aromatic N) is 1. The first-order valence-corrected chi connectivity index (χ1v) is 10.9. The van der Waals surface area contributed by atoms with Crippen molar-refractivity contribution in [2.75, 3.05) is 6.54 Å². The highest BCUT2D eigenvalue weighted by Crippen LogP contribution is 2.38. The summed E-state index contributed by atoms with van der Waals surface area (Å²) in [7, 11) is 0. The van der Waals surface area contributed by atoms with E-state index < -0.39 is 5.97 Å². The normalized spacial score (nSPS) is 19.4. The fourth-order valence-electron chi connectivity index (χ4n) is 4.17. The summed E-state index contributed by atoms with van der Waals surface area (Å²) in [5, 5.41) is 11.9. The molecular formula is C25H34N2O3. The minimum absolute atomic E-state index is 0.126. The van der Waals surface area contributed by atoms with E-state index in [9.17, 15) is 4.79 Å². The Morgan fingerprint density at radius 3 is 2.60 bits per heavy atom. The molecule has 162 valence electrons. The van der Waals surface area contributed by atoms with E-state index in [1.54, 1.807) is 6.20 Å². The van der Waals surface area contributed by atoms with Gasteiger partial charge in [0, 0.05) is 24.8 Å². The molecule has 2 N–H and O–H groups in total. The predicted octanol–water partition coefficient (Wildman–Crippen LogP) is 5.30. The van der Waals surface area contributed by atoms with E-state index in [0.717, 1.165) is 41.2 Å². The monoisotopic (exact) mass is 410 g/mol. The molecule has 1 aromatic carbocycles. The molecule has 0 saturated heterocycles. The van der Waals surface area contributed by atoms with Crippen molar-refractivity contribution in [3.63, 3.8) is 0 Å². The molecule has 30 heavy (non-hydrogen) atoms. The number of rotatable bonds is 8. The third kappa shape index (κ3) is 6.56. The molecular weight excluding hydrogens is 376 g/mol. The maximum atomic E-state index is 10.6. The number of hydrogen-bond donors (Lipinski definition) is 2. The van der Waals surface area contributed by atoms with Crippen LogP contribution in [0.4, 0.5) is 0 Å². The lowest BCUT2D eigenvalue weighted by atomic mass is 9.72. The van der Waals surface area contributed by atoms with Gasteiger partial charge in [-0.1, -0.05) is 39.0 Å². The van der Waals surface area contributed by atoms with E-state index in [0.29, 0.717) is 18.5 Å². The Morgan fingerprint density at radius 1 is 1.13 bits per heavy atom. The molecule has 1 saturated carbocycles. The van der Waals surface area contributed by atoms with E-state index in [4.69, 9.17) is 9.84 Å². The van der Waals surface area contributed by atoms with Gasteiger partial charge in [-0.25, -0.2) is 0 Å². The first-order valence-electron chi connectivity index (χ1n) is 10.9. The molecule has 1 aromatic heterocycles. The van der Waals surface area contributed by atoms with E-state index in [2.05, 4.69) is 49.3 Å². The minimum Gasteiger partial charge on any atom is -0.489 e. The molecule has 0 aliphatic heterocycles. The second kappa shape index (κ2) is 10.1. The lowest BCUT2D eigenvalue weighted by Gasteiger charge is -2.36. The van der Waals surface area contributed by atoms with Crippen molar-refractivity contribution in [2.24, 2.45) is 11.3 Å². The van der Waals surface area contributed by atoms with Crippen molar-refractivity contribution in [3.8, 4) is 16.9 Å². The summed E-state index contributed by atoms with van der Waals surface area (Å²) >= 11 is 0. The molecule has 5 heteroatoms. The van der Waals surface area contributed by atoms with Crippen molar-refractivity contribution in [3.05, 3.63) is 48.3 Å². The average molecular weight is 411 g/mol. The van der Waals surface area contributed by atoms with Gasteiger partial charge in [-0.3, -0.25) is 9.78 Å². The highest BCUT2D eigenvalue weighted by Gasteiger charge is 2.30. The second-order valence-electron chi connectivity index (χ2n) is 9.39. The fourth-order valence-corrected chi connectivity index (χ4v) is 4.17. The number of pyridine rings is 1. The van der Waals surface area contributed by atoms with Crippen LogP contribution in [-0.2, 0) is 11.3 Å². The van der Waals surface area contributed by atoms with E-state index in [-0.39, 0.29) is 12.5 Å². The smallest absolute Gasteiger partial charge is 0.304 e. The number of benzene rings is 1. The Labute approximate surface area is 179 Å². The molecule has 0 unspecified atom stereocenters. The van der Waals surface area contributed by atoms with Crippen molar-refractivity contribution in [1.82, 2.24) is 10.3 Å². The molecule has 2 aromatic rings. The summed E-state index contributed by atoms with van der Waals surface area (Å²) in [5.74, 6) is 0.816. The van der Waals surface area contributed by atoms with Gasteiger partial charge in [-0.2, -0.15) is 0 Å². The molecule has 0 atom stereocenters. The van der Waals surface area contributed by atoms with Gasteiger partial charge in [0.2, 0.25) is 0 Å². The van der Waals surface area contributed by atoms with Crippen molar-refractivity contribution < 1.29 is 14.6 Å². The summed E-state index contributed by atoms with van der Waals surface area (Å²) in [6, 6.07) is 10.3. The third-order valence-corrected chi connectivity index (χ3v) is 6.02. The lowest BCUT2D eigenvalue weighted by molar-refractivity contribution is -0.136. The maximum absolute atomic E-state index is 10.6. The van der Waals surface area contributed by atoms with Gasteiger partial charge in [0.05, 0.1) is 18.7 Å². The van der Waals surface area contributed by atoms with Crippen LogP contribution in [0.2, 0.25) is 0 Å². The summed E-state index contributed by atoms with van der Waals surface area (Å²) in [5.41, 5.74) is 3.61. The molecule has 1 heterocycles. The molecule has 0 bridgehead atoms. The zero-order chi connectivity index (χ0) is 21.6. The van der Waals surface area contributed by atoms with Gasteiger partial charge >= 0.3 is 5.97 Å². The van der Waals surface area contributed by atoms with Gasteiger partial charge in [-0.05, 0) is 60.3 Å². The van der Waals surface area contributed by atoms with Crippen LogP contribution in [0.25, 0.3) is 11.1 Å². The average Bonchev–Trinajstić information content (AvgIpc) is 2.71. The summed E-state index contributed by atoms with van der Waals surface area (Å²) < 4.78 is 6.28. The zero-order valence-electron chi connectivity index (χ0n) is 18.4. The van der Waals surface area contributed by atoms with Crippen LogP contribution >= 0.6 is 0 Å². The van der Waals surface area contributed by atoms with Gasteiger partial charge in [-0.15, -0.1) is 0 Å². The number of nitrogens with one attached hydrogen (secondary N) is 1. The number of carboxylic acid groups (broad SMARTS) is 1. The third-order valence-electron chi connectivity index (χ3n) is 6.02. The SMILES string of the molecule is CC(C)(C)[C@H]1CC[C@H](Oc2cncc(-c3cccc(CNCCC(=O)O)c3)c2)CC1. The topological polar surface area (TPSA) is 71.5 Å². The van der Waals surface area contributed by atoms with E-state index >= 15 is 0 Å². The van der Waals surface area contributed by atoms with Crippen LogP contribution in [0.3, 0.4) is 0 Å². The minimum atomic E-state index is -0.786. The molecule has 0 amide bonds. The highest BCUT2D eigenvalue weighted by molar-refractivity contribution is 5.67. The van der Waals surface area contributed by atoms with Crippen molar-refractivity contribution in [2.45, 2.75) is 65.5 Å². The summed E-state index contributed by atoms with van der Waals surface area (Å²) in [4.78, 5) is 15.0. The Morgan fingerprint density at radius 2 is 1.90 bits per heavy atom. The quantitative estimate of drug-likeness (QED) is 0.578. The van der Waals surface area contributed by atoms with Gasteiger partial charge < -0.3 is 15.2 Å². The summed E-state index contributed by atoms with van der Waals surface area (Å²) in [6.45, 7) is 8.11. The number of carboxylic acids is 1. The summed E-state index contributed by atoms with van der Waals surface area (Å²) in [6.07, 6.45) is 8.70. The van der Waals surface area contributed by atoms with Crippen LogP contribution in [0, 0.1) is 11.3 Å². The number of aromatic nitrogens is 1. The Kier molecular flexibility index (Phi) is 7.48. The predicted molar refractivity (Wildman–Crippen MR) is 119 cm³/mol. The largest absolute Gasteiger partial charge is 0.489 e. The Hall–Kier alpha value is -2.40. The first kappa shape index (κ1) is 22.3. The molecule has 5 nitrogen and oxygen atoms in total. The molecule has 1 aliphatic carbocycles. The van der Waals surface area contributed by atoms with Gasteiger partial charge in [0.25, 0.3) is 0 Å². The van der Waals surface area contributed by atoms with Crippen LogP contribution in [0.15, 0.2) is 42.7 Å². The molecule has 1 fully saturated rings. The zero-order valence-corrected chi connectivity index (χ0v) is 18.4.